The maximum absolute atomic E-state index is 13.7. The topological polar surface area (TPSA) is 67.3 Å². The van der Waals surface area contributed by atoms with E-state index in [4.69, 9.17) is 0 Å². The van der Waals surface area contributed by atoms with Gasteiger partial charge in [0.05, 0.1) is 25.2 Å². The molecule has 1 aromatic carbocycles. The molecule has 0 radical (unpaired) electrons. The van der Waals surface area contributed by atoms with Gasteiger partial charge in [-0.15, -0.1) is 0 Å². The number of rotatable bonds is 7. The van der Waals surface area contributed by atoms with Crippen molar-refractivity contribution in [2.24, 2.45) is 0 Å². The summed E-state index contributed by atoms with van der Waals surface area (Å²) in [6, 6.07) is 4.14. The largest absolute Gasteiger partial charge is 0.466 e. The Hall–Kier alpha value is -2.87. The molecule has 6 nitrogen and oxygen atoms in total. The smallest absolute Gasteiger partial charge is 0.330 e. The highest BCUT2D eigenvalue weighted by molar-refractivity contribution is 5.86. The second-order valence-corrected chi connectivity index (χ2v) is 6.56. The fourth-order valence-electron chi connectivity index (χ4n) is 3.12. The van der Waals surface area contributed by atoms with Gasteiger partial charge in [-0.25, -0.2) is 18.6 Å². The molecule has 2 aromatic rings. The number of halogens is 2. The summed E-state index contributed by atoms with van der Waals surface area (Å²) in [5.41, 5.74) is 0.691. The summed E-state index contributed by atoms with van der Waals surface area (Å²) in [4.78, 5) is 21.8. The predicted octanol–water partition coefficient (Wildman–Crippen LogP) is 2.67. The van der Waals surface area contributed by atoms with Gasteiger partial charge in [0.25, 0.3) is 0 Å². The van der Waals surface area contributed by atoms with Crippen molar-refractivity contribution in [3.8, 4) is 0 Å². The Labute approximate surface area is 162 Å². The summed E-state index contributed by atoms with van der Waals surface area (Å²) in [5, 5.41) is 3.32. The molecule has 0 bridgehead atoms. The first-order valence-corrected chi connectivity index (χ1v) is 9.05. The van der Waals surface area contributed by atoms with E-state index in [1.54, 1.807) is 12.4 Å². The van der Waals surface area contributed by atoms with E-state index in [2.05, 4.69) is 24.9 Å². The van der Waals surface area contributed by atoms with Crippen LogP contribution in [0, 0.1) is 11.6 Å². The van der Waals surface area contributed by atoms with Gasteiger partial charge in [0.1, 0.15) is 17.5 Å². The van der Waals surface area contributed by atoms with E-state index >= 15 is 0 Å². The lowest BCUT2D eigenvalue weighted by Crippen LogP contribution is -2.28. The molecule has 1 fully saturated rings. The Kier molecular flexibility index (Phi) is 6.65. The molecule has 3 rings (SSSR count). The average molecular weight is 388 g/mol. The van der Waals surface area contributed by atoms with Crippen LogP contribution >= 0.6 is 0 Å². The Morgan fingerprint density at radius 1 is 1.32 bits per heavy atom. The summed E-state index contributed by atoms with van der Waals surface area (Å²) in [5.74, 6) is -0.802. The van der Waals surface area contributed by atoms with Crippen LogP contribution in [0.3, 0.4) is 0 Å². The number of hydrogen-bond donors (Lipinski definition) is 1. The summed E-state index contributed by atoms with van der Waals surface area (Å²) < 4.78 is 32.0. The van der Waals surface area contributed by atoms with Gasteiger partial charge >= 0.3 is 5.97 Å². The normalized spacial score (nSPS) is 17.2. The van der Waals surface area contributed by atoms with Gasteiger partial charge in [0, 0.05) is 37.3 Å². The zero-order valence-electron chi connectivity index (χ0n) is 15.6. The Morgan fingerprint density at radius 3 is 2.79 bits per heavy atom. The molecule has 8 heteroatoms. The van der Waals surface area contributed by atoms with Crippen LogP contribution < -0.4 is 5.32 Å². The minimum absolute atomic E-state index is 0.139. The lowest BCUT2D eigenvalue weighted by Gasteiger charge is -2.17. The molecule has 0 spiro atoms. The van der Waals surface area contributed by atoms with Gasteiger partial charge in [-0.2, -0.15) is 0 Å². The summed E-state index contributed by atoms with van der Waals surface area (Å²) in [6.45, 7) is 2.21. The molecular formula is C20H22F2N4O2. The molecular weight excluding hydrogens is 366 g/mol. The molecule has 28 heavy (non-hydrogen) atoms. The maximum atomic E-state index is 13.7. The Balaban J connectivity index is 1.48. The number of hydrogen-bond acceptors (Lipinski definition) is 6. The highest BCUT2D eigenvalue weighted by Gasteiger charge is 2.23. The number of anilines is 1. The first-order chi connectivity index (χ1) is 13.5. The first kappa shape index (κ1) is 19.9. The molecule has 1 atom stereocenters. The van der Waals surface area contributed by atoms with Crippen molar-refractivity contribution in [1.29, 1.82) is 0 Å². The van der Waals surface area contributed by atoms with Crippen LogP contribution in [0.2, 0.25) is 0 Å². The van der Waals surface area contributed by atoms with Crippen LogP contribution in [0.15, 0.2) is 36.7 Å². The highest BCUT2D eigenvalue weighted by atomic mass is 19.1. The molecule has 1 saturated heterocycles. The number of esters is 1. The van der Waals surface area contributed by atoms with Crippen molar-refractivity contribution in [3.05, 3.63) is 59.6 Å². The van der Waals surface area contributed by atoms with E-state index in [0.29, 0.717) is 24.5 Å². The van der Waals surface area contributed by atoms with Crippen LogP contribution in [0.1, 0.15) is 17.7 Å². The SMILES string of the molecule is COC(=O)/C=C/c1cnc(N[C@@H]2CCN(CCc3c(F)cccc3F)C2)cn1. The van der Waals surface area contributed by atoms with Gasteiger partial charge in [-0.1, -0.05) is 6.07 Å². The minimum Gasteiger partial charge on any atom is -0.466 e. The fourth-order valence-corrected chi connectivity index (χ4v) is 3.12. The van der Waals surface area contributed by atoms with Gasteiger partial charge in [0.15, 0.2) is 0 Å². The van der Waals surface area contributed by atoms with Crippen molar-refractivity contribution in [3.63, 3.8) is 0 Å². The number of likely N-dealkylation sites (tertiary alicyclic amines) is 1. The van der Waals surface area contributed by atoms with Crippen molar-refractivity contribution < 1.29 is 18.3 Å². The molecule has 1 aliphatic rings. The van der Waals surface area contributed by atoms with Crippen LogP contribution in [0.25, 0.3) is 6.08 Å². The molecule has 0 amide bonds. The summed E-state index contributed by atoms with van der Waals surface area (Å²) >= 11 is 0. The van der Waals surface area contributed by atoms with Crippen LogP contribution in [-0.2, 0) is 16.0 Å². The van der Waals surface area contributed by atoms with E-state index < -0.39 is 17.6 Å². The molecule has 1 aliphatic heterocycles. The fraction of sp³-hybridized carbons (Fsp3) is 0.350. The highest BCUT2D eigenvalue weighted by Crippen LogP contribution is 2.17. The molecule has 1 N–H and O–H groups in total. The van der Waals surface area contributed by atoms with Crippen molar-refractivity contribution >= 4 is 17.9 Å². The first-order valence-electron chi connectivity index (χ1n) is 9.05. The molecule has 1 aromatic heterocycles. The lowest BCUT2D eigenvalue weighted by molar-refractivity contribution is -0.134. The average Bonchev–Trinajstić information content (AvgIpc) is 3.14. The zero-order chi connectivity index (χ0) is 19.9. The van der Waals surface area contributed by atoms with E-state index in [0.717, 1.165) is 19.5 Å². The van der Waals surface area contributed by atoms with E-state index in [1.165, 1.54) is 37.5 Å². The van der Waals surface area contributed by atoms with Gasteiger partial charge in [0.2, 0.25) is 0 Å². The number of ether oxygens (including phenoxy) is 1. The van der Waals surface area contributed by atoms with E-state index in [9.17, 15) is 13.6 Å². The third kappa shape index (κ3) is 5.32. The zero-order valence-corrected chi connectivity index (χ0v) is 15.6. The number of carbonyl (C=O) groups excluding carboxylic acids is 1. The maximum Gasteiger partial charge on any atom is 0.330 e. The minimum atomic E-state index is -0.495. The quantitative estimate of drug-likeness (QED) is 0.581. The summed E-state index contributed by atoms with van der Waals surface area (Å²) in [6.07, 6.45) is 7.23. The molecule has 0 unspecified atom stereocenters. The molecule has 0 aliphatic carbocycles. The van der Waals surface area contributed by atoms with E-state index in [1.807, 2.05) is 0 Å². The standard InChI is InChI=1S/C20H22F2N4O2/c1-28-20(27)6-5-14-11-24-19(12-23-14)25-15-7-9-26(13-15)10-8-16-17(21)3-2-4-18(16)22/h2-6,11-12,15H,7-10,13H2,1H3,(H,24,25)/b6-5+/t15-/m1/s1. The number of carbonyl (C=O) groups is 1. The number of nitrogens with one attached hydrogen (secondary N) is 1. The Morgan fingerprint density at radius 2 is 2.11 bits per heavy atom. The third-order valence-corrected chi connectivity index (χ3v) is 4.63. The van der Waals surface area contributed by atoms with E-state index in [-0.39, 0.29) is 11.6 Å². The molecule has 0 saturated carbocycles. The van der Waals surface area contributed by atoms with Crippen LogP contribution in [0.4, 0.5) is 14.6 Å². The number of methoxy groups -OCH3 is 1. The second-order valence-electron chi connectivity index (χ2n) is 6.56. The number of nitrogens with zero attached hydrogens (tertiary/aromatic N) is 3. The van der Waals surface area contributed by atoms with Crippen LogP contribution in [0.5, 0.6) is 0 Å². The lowest BCUT2D eigenvalue weighted by atomic mass is 10.1. The number of aromatic nitrogens is 2. The van der Waals surface area contributed by atoms with Gasteiger partial charge < -0.3 is 15.0 Å². The number of benzene rings is 1. The van der Waals surface area contributed by atoms with Crippen molar-refractivity contribution in [1.82, 2.24) is 14.9 Å². The molecule has 2 heterocycles. The predicted molar refractivity (Wildman–Crippen MR) is 102 cm³/mol. The monoisotopic (exact) mass is 388 g/mol. The third-order valence-electron chi connectivity index (χ3n) is 4.63. The van der Waals surface area contributed by atoms with Crippen LogP contribution in [-0.4, -0.2) is 53.6 Å². The second kappa shape index (κ2) is 9.36. The Bertz CT molecular complexity index is 822. The summed E-state index contributed by atoms with van der Waals surface area (Å²) in [7, 11) is 1.31. The van der Waals surface area contributed by atoms with Crippen molar-refractivity contribution in [2.45, 2.75) is 18.9 Å². The van der Waals surface area contributed by atoms with Gasteiger partial charge in [-0.3, -0.25) is 4.98 Å². The molecule has 148 valence electrons. The van der Waals surface area contributed by atoms with Gasteiger partial charge in [-0.05, 0) is 31.1 Å². The van der Waals surface area contributed by atoms with Crippen molar-refractivity contribution in [2.75, 3.05) is 32.1 Å².